The summed E-state index contributed by atoms with van der Waals surface area (Å²) < 4.78 is 0. The molecule has 0 radical (unpaired) electrons. The van der Waals surface area contributed by atoms with Crippen LogP contribution in [0.15, 0.2) is 30.3 Å². The Labute approximate surface area is 139 Å². The maximum absolute atomic E-state index is 11.9. The van der Waals surface area contributed by atoms with Crippen LogP contribution in [0.3, 0.4) is 0 Å². The Bertz CT molecular complexity index is 467. The van der Waals surface area contributed by atoms with Crippen molar-refractivity contribution in [1.82, 2.24) is 15.5 Å². The molecular weight excluding hydrogens is 290 g/mol. The molecule has 0 aromatic heterocycles. The van der Waals surface area contributed by atoms with Crippen molar-refractivity contribution in [2.24, 2.45) is 0 Å². The summed E-state index contributed by atoms with van der Waals surface area (Å²) in [6, 6.07) is 10.1. The SMILES string of the molecule is CCN1CCCCC1CNC(=O)NCC(O)Cc1ccccc1. The van der Waals surface area contributed by atoms with Crippen molar-refractivity contribution in [1.29, 1.82) is 0 Å². The maximum Gasteiger partial charge on any atom is 0.314 e. The fourth-order valence-electron chi connectivity index (χ4n) is 3.15. The van der Waals surface area contributed by atoms with Crippen LogP contribution in [0.4, 0.5) is 4.79 Å². The standard InChI is InChI=1S/C18H29N3O2/c1-2-21-11-7-6-10-16(21)13-19-18(23)20-14-17(22)12-15-8-4-3-5-9-15/h3-5,8-9,16-17,22H,2,6-7,10-14H2,1H3,(H2,19,20,23). The number of likely N-dealkylation sites (N-methyl/N-ethyl adjacent to an activating group) is 1. The summed E-state index contributed by atoms with van der Waals surface area (Å²) in [6.07, 6.45) is 3.62. The molecular formula is C18H29N3O2. The van der Waals surface area contributed by atoms with Gasteiger partial charge in [0.25, 0.3) is 0 Å². The molecule has 5 nitrogen and oxygen atoms in total. The van der Waals surface area contributed by atoms with E-state index in [0.29, 0.717) is 19.0 Å². The van der Waals surface area contributed by atoms with E-state index < -0.39 is 6.10 Å². The zero-order chi connectivity index (χ0) is 16.5. The van der Waals surface area contributed by atoms with Gasteiger partial charge in [-0.2, -0.15) is 0 Å². The highest BCUT2D eigenvalue weighted by Crippen LogP contribution is 2.15. The fraction of sp³-hybridized carbons (Fsp3) is 0.611. The second-order valence-corrected chi connectivity index (χ2v) is 6.21. The predicted molar refractivity (Wildman–Crippen MR) is 92.4 cm³/mol. The van der Waals surface area contributed by atoms with Crippen molar-refractivity contribution >= 4 is 6.03 Å². The van der Waals surface area contributed by atoms with Crippen LogP contribution in [0.1, 0.15) is 31.7 Å². The van der Waals surface area contributed by atoms with Gasteiger partial charge in [-0.05, 0) is 31.5 Å². The van der Waals surface area contributed by atoms with Crippen molar-refractivity contribution in [3.05, 3.63) is 35.9 Å². The lowest BCUT2D eigenvalue weighted by atomic mass is 10.0. The van der Waals surface area contributed by atoms with Crippen LogP contribution >= 0.6 is 0 Å². The van der Waals surface area contributed by atoms with Crippen molar-refractivity contribution < 1.29 is 9.90 Å². The number of urea groups is 1. The Morgan fingerprint density at radius 3 is 2.83 bits per heavy atom. The zero-order valence-corrected chi connectivity index (χ0v) is 14.0. The molecule has 1 heterocycles. The lowest BCUT2D eigenvalue weighted by Gasteiger charge is -2.34. The summed E-state index contributed by atoms with van der Waals surface area (Å²) in [4.78, 5) is 14.3. The van der Waals surface area contributed by atoms with Gasteiger partial charge in [0.2, 0.25) is 0 Å². The van der Waals surface area contributed by atoms with E-state index in [2.05, 4.69) is 22.5 Å². The molecule has 1 saturated heterocycles. The highest BCUT2D eigenvalue weighted by Gasteiger charge is 2.21. The molecule has 2 atom stereocenters. The Morgan fingerprint density at radius 2 is 2.09 bits per heavy atom. The third kappa shape index (κ3) is 6.20. The lowest BCUT2D eigenvalue weighted by molar-refractivity contribution is 0.151. The monoisotopic (exact) mass is 319 g/mol. The molecule has 2 unspecified atom stereocenters. The fourth-order valence-corrected chi connectivity index (χ4v) is 3.15. The van der Waals surface area contributed by atoms with E-state index in [0.717, 1.165) is 25.1 Å². The quantitative estimate of drug-likeness (QED) is 0.717. The van der Waals surface area contributed by atoms with Crippen LogP contribution in [0.2, 0.25) is 0 Å². The molecule has 3 N–H and O–H groups in total. The smallest absolute Gasteiger partial charge is 0.314 e. The molecule has 2 rings (SSSR count). The van der Waals surface area contributed by atoms with Crippen molar-refractivity contribution in [3.8, 4) is 0 Å². The van der Waals surface area contributed by atoms with Gasteiger partial charge in [-0.15, -0.1) is 0 Å². The Hall–Kier alpha value is -1.59. The molecule has 1 aromatic rings. The average molecular weight is 319 g/mol. The molecule has 0 bridgehead atoms. The normalized spacial score (nSPS) is 20.0. The predicted octanol–water partition coefficient (Wildman–Crippen LogP) is 1.76. The van der Waals surface area contributed by atoms with E-state index >= 15 is 0 Å². The number of amides is 2. The van der Waals surface area contributed by atoms with E-state index in [-0.39, 0.29) is 12.6 Å². The molecule has 1 aromatic carbocycles. The van der Waals surface area contributed by atoms with E-state index in [1.807, 2.05) is 30.3 Å². The van der Waals surface area contributed by atoms with E-state index in [1.165, 1.54) is 12.8 Å². The van der Waals surface area contributed by atoms with Crippen LogP contribution in [-0.2, 0) is 6.42 Å². The highest BCUT2D eigenvalue weighted by molar-refractivity contribution is 5.73. The highest BCUT2D eigenvalue weighted by atomic mass is 16.3. The number of carbonyl (C=O) groups excluding carboxylic acids is 1. The summed E-state index contributed by atoms with van der Waals surface area (Å²) >= 11 is 0. The minimum absolute atomic E-state index is 0.196. The van der Waals surface area contributed by atoms with Gasteiger partial charge in [-0.25, -0.2) is 4.79 Å². The summed E-state index contributed by atoms with van der Waals surface area (Å²) in [5.74, 6) is 0. The number of nitrogens with zero attached hydrogens (tertiary/aromatic N) is 1. The molecule has 5 heteroatoms. The van der Waals surface area contributed by atoms with Gasteiger partial charge in [0.1, 0.15) is 0 Å². The number of hydrogen-bond acceptors (Lipinski definition) is 3. The molecule has 0 aliphatic carbocycles. The minimum Gasteiger partial charge on any atom is -0.391 e. The minimum atomic E-state index is -0.565. The summed E-state index contributed by atoms with van der Waals surface area (Å²) in [7, 11) is 0. The first-order valence-electron chi connectivity index (χ1n) is 8.66. The van der Waals surface area contributed by atoms with E-state index in [1.54, 1.807) is 0 Å². The molecule has 1 aliphatic heterocycles. The van der Waals surface area contributed by atoms with E-state index in [9.17, 15) is 9.90 Å². The first-order valence-corrected chi connectivity index (χ1v) is 8.66. The van der Waals surface area contributed by atoms with E-state index in [4.69, 9.17) is 0 Å². The Morgan fingerprint density at radius 1 is 1.30 bits per heavy atom. The number of nitrogens with one attached hydrogen (secondary N) is 2. The van der Waals surface area contributed by atoms with Gasteiger partial charge in [-0.3, -0.25) is 4.90 Å². The maximum atomic E-state index is 11.9. The Kier molecular flexibility index (Phi) is 7.36. The molecule has 1 aliphatic rings. The summed E-state index contributed by atoms with van der Waals surface area (Å²) in [5.41, 5.74) is 1.07. The van der Waals surface area contributed by atoms with Gasteiger partial charge in [-0.1, -0.05) is 43.7 Å². The first-order chi connectivity index (χ1) is 11.2. The van der Waals surface area contributed by atoms with Crippen molar-refractivity contribution in [3.63, 3.8) is 0 Å². The number of aliphatic hydroxyl groups excluding tert-OH is 1. The zero-order valence-electron chi connectivity index (χ0n) is 14.0. The second-order valence-electron chi connectivity index (χ2n) is 6.21. The second kappa shape index (κ2) is 9.53. The van der Waals surface area contributed by atoms with Crippen LogP contribution in [0.25, 0.3) is 0 Å². The van der Waals surface area contributed by atoms with Crippen LogP contribution in [0.5, 0.6) is 0 Å². The van der Waals surface area contributed by atoms with Gasteiger partial charge in [0.05, 0.1) is 6.10 Å². The Balaban J connectivity index is 1.64. The third-order valence-electron chi connectivity index (χ3n) is 4.47. The largest absolute Gasteiger partial charge is 0.391 e. The van der Waals surface area contributed by atoms with Crippen LogP contribution in [-0.4, -0.2) is 54.4 Å². The topological polar surface area (TPSA) is 64.6 Å². The van der Waals surface area contributed by atoms with Gasteiger partial charge in [0, 0.05) is 25.6 Å². The number of benzene rings is 1. The third-order valence-corrected chi connectivity index (χ3v) is 4.47. The summed E-state index contributed by atoms with van der Waals surface area (Å²) in [6.45, 7) is 5.26. The van der Waals surface area contributed by atoms with Crippen molar-refractivity contribution in [2.75, 3.05) is 26.2 Å². The molecule has 23 heavy (non-hydrogen) atoms. The van der Waals surface area contributed by atoms with Crippen LogP contribution in [0, 0.1) is 0 Å². The number of rotatable bonds is 7. The van der Waals surface area contributed by atoms with Gasteiger partial charge in [0.15, 0.2) is 0 Å². The van der Waals surface area contributed by atoms with Crippen molar-refractivity contribution in [2.45, 2.75) is 44.8 Å². The molecule has 128 valence electrons. The molecule has 0 spiro atoms. The number of aliphatic hydroxyl groups is 1. The number of carbonyl (C=O) groups is 1. The average Bonchev–Trinajstić information content (AvgIpc) is 2.59. The number of piperidine rings is 1. The lowest BCUT2D eigenvalue weighted by Crippen LogP contribution is -2.49. The van der Waals surface area contributed by atoms with Crippen LogP contribution < -0.4 is 10.6 Å². The number of hydrogen-bond donors (Lipinski definition) is 3. The first kappa shape index (κ1) is 17.8. The number of likely N-dealkylation sites (tertiary alicyclic amines) is 1. The van der Waals surface area contributed by atoms with Gasteiger partial charge >= 0.3 is 6.03 Å². The summed E-state index contributed by atoms with van der Waals surface area (Å²) in [5, 5.41) is 15.7. The molecule has 2 amide bonds. The molecule has 0 saturated carbocycles. The van der Waals surface area contributed by atoms with Gasteiger partial charge < -0.3 is 15.7 Å². The molecule has 1 fully saturated rings.